The number of ether oxygens (including phenoxy) is 1. The summed E-state index contributed by atoms with van der Waals surface area (Å²) in [5, 5.41) is 0.422. The molecular formula is C12H12Cl2N2O3. The lowest BCUT2D eigenvalue weighted by Gasteiger charge is -2.19. The number of nitrogens with zero attached hydrogens (tertiary/aromatic N) is 2. The number of halogens is 2. The van der Waals surface area contributed by atoms with E-state index >= 15 is 0 Å². The number of hydrogen-bond donors (Lipinski definition) is 0. The van der Waals surface area contributed by atoms with Crippen molar-refractivity contribution in [2.75, 3.05) is 18.6 Å². The second-order valence-corrected chi connectivity index (χ2v) is 5.08. The van der Waals surface area contributed by atoms with Gasteiger partial charge in [-0.05, 0) is 18.6 Å². The van der Waals surface area contributed by atoms with Crippen molar-refractivity contribution in [1.82, 2.24) is 4.98 Å². The number of rotatable bonds is 2. The van der Waals surface area contributed by atoms with Gasteiger partial charge in [-0.25, -0.2) is 4.98 Å². The smallest absolute Gasteiger partial charge is 0.311 e. The Labute approximate surface area is 120 Å². The van der Waals surface area contributed by atoms with Gasteiger partial charge in [-0.15, -0.1) is 0 Å². The molecule has 0 saturated carbocycles. The van der Waals surface area contributed by atoms with Gasteiger partial charge < -0.3 is 9.64 Å². The molecule has 1 aromatic rings. The fourth-order valence-corrected chi connectivity index (χ4v) is 2.79. The Hall–Kier alpha value is -1.33. The first kappa shape index (κ1) is 14.1. The van der Waals surface area contributed by atoms with Crippen LogP contribution in [-0.2, 0) is 14.3 Å². The number of esters is 1. The van der Waals surface area contributed by atoms with Gasteiger partial charge >= 0.3 is 5.97 Å². The Kier molecular flexibility index (Phi) is 3.96. The Morgan fingerprint density at radius 1 is 1.53 bits per heavy atom. The van der Waals surface area contributed by atoms with Gasteiger partial charge in [0.05, 0.1) is 18.7 Å². The highest BCUT2D eigenvalue weighted by Gasteiger charge is 2.37. The average molecular weight is 303 g/mol. The Morgan fingerprint density at radius 2 is 2.21 bits per heavy atom. The molecule has 102 valence electrons. The monoisotopic (exact) mass is 302 g/mol. The highest BCUT2D eigenvalue weighted by Crippen LogP contribution is 2.34. The third-order valence-electron chi connectivity index (χ3n) is 3.04. The lowest BCUT2D eigenvalue weighted by molar-refractivity contribution is -0.145. The number of hydrogen-bond acceptors (Lipinski definition) is 4. The molecule has 1 aliphatic heterocycles. The molecule has 1 unspecified atom stereocenters. The summed E-state index contributed by atoms with van der Waals surface area (Å²) in [5.41, 5.74) is 1.24. The van der Waals surface area contributed by atoms with Crippen molar-refractivity contribution in [2.45, 2.75) is 13.3 Å². The number of pyridine rings is 1. The third-order valence-corrected chi connectivity index (χ3v) is 3.50. The first-order valence-electron chi connectivity index (χ1n) is 5.65. The van der Waals surface area contributed by atoms with E-state index in [1.165, 1.54) is 12.0 Å². The lowest BCUT2D eigenvalue weighted by Crippen LogP contribution is -2.27. The van der Waals surface area contributed by atoms with Crippen LogP contribution in [0.3, 0.4) is 0 Å². The molecule has 0 aromatic carbocycles. The molecule has 1 amide bonds. The number of carbonyl (C=O) groups excluding carboxylic acids is 2. The van der Waals surface area contributed by atoms with Crippen LogP contribution in [0.4, 0.5) is 5.69 Å². The summed E-state index contributed by atoms with van der Waals surface area (Å²) < 4.78 is 4.66. The van der Waals surface area contributed by atoms with Crippen molar-refractivity contribution in [1.29, 1.82) is 0 Å². The second-order valence-electron chi connectivity index (χ2n) is 4.33. The van der Waals surface area contributed by atoms with Gasteiger partial charge in [0.25, 0.3) is 0 Å². The second kappa shape index (κ2) is 5.35. The largest absolute Gasteiger partial charge is 0.469 e. The quantitative estimate of drug-likeness (QED) is 0.621. The van der Waals surface area contributed by atoms with E-state index in [2.05, 4.69) is 9.72 Å². The van der Waals surface area contributed by atoms with E-state index in [-0.39, 0.29) is 29.2 Å². The number of aromatic nitrogens is 1. The maximum atomic E-state index is 12.0. The molecular weight excluding hydrogens is 291 g/mol. The summed E-state index contributed by atoms with van der Waals surface area (Å²) in [6, 6.07) is 1.63. The molecule has 0 radical (unpaired) electrons. The molecule has 0 N–H and O–H groups in total. The minimum absolute atomic E-state index is 0.116. The first-order valence-corrected chi connectivity index (χ1v) is 6.40. The minimum Gasteiger partial charge on any atom is -0.469 e. The van der Waals surface area contributed by atoms with E-state index in [1.54, 1.807) is 13.0 Å². The molecule has 0 spiro atoms. The van der Waals surface area contributed by atoms with Crippen molar-refractivity contribution in [3.05, 3.63) is 21.9 Å². The topological polar surface area (TPSA) is 59.5 Å². The Bertz CT molecular complexity index is 525. The molecule has 7 heteroatoms. The van der Waals surface area contributed by atoms with Gasteiger partial charge in [0.2, 0.25) is 5.91 Å². The zero-order valence-electron chi connectivity index (χ0n) is 10.4. The minimum atomic E-state index is -0.469. The normalized spacial score (nSPS) is 18.8. The van der Waals surface area contributed by atoms with E-state index in [0.29, 0.717) is 5.69 Å². The van der Waals surface area contributed by atoms with Gasteiger partial charge in [-0.3, -0.25) is 9.59 Å². The molecule has 0 bridgehead atoms. The van der Waals surface area contributed by atoms with Gasteiger partial charge in [-0.1, -0.05) is 23.2 Å². The van der Waals surface area contributed by atoms with Crippen molar-refractivity contribution in [2.24, 2.45) is 5.92 Å². The summed E-state index contributed by atoms with van der Waals surface area (Å²) in [4.78, 5) is 28.9. The highest BCUT2D eigenvalue weighted by atomic mass is 35.5. The lowest BCUT2D eigenvalue weighted by atomic mass is 10.1. The van der Waals surface area contributed by atoms with Crippen LogP contribution in [0.25, 0.3) is 0 Å². The zero-order chi connectivity index (χ0) is 14.2. The molecule has 1 aliphatic rings. The van der Waals surface area contributed by atoms with E-state index < -0.39 is 11.9 Å². The number of carbonyl (C=O) groups is 2. The molecule has 19 heavy (non-hydrogen) atoms. The van der Waals surface area contributed by atoms with Gasteiger partial charge in [0, 0.05) is 13.0 Å². The summed E-state index contributed by atoms with van der Waals surface area (Å²) in [6.07, 6.45) is 0.116. The fraction of sp³-hybridized carbons (Fsp3) is 0.417. The van der Waals surface area contributed by atoms with E-state index in [1.807, 2.05) is 0 Å². The van der Waals surface area contributed by atoms with E-state index in [9.17, 15) is 9.59 Å². The predicted octanol–water partition coefficient (Wildman–Crippen LogP) is 2.22. The van der Waals surface area contributed by atoms with Gasteiger partial charge in [-0.2, -0.15) is 0 Å². The molecule has 0 aliphatic carbocycles. The summed E-state index contributed by atoms with van der Waals surface area (Å²) in [5.74, 6) is -1.04. The van der Waals surface area contributed by atoms with Crippen LogP contribution in [-0.4, -0.2) is 30.5 Å². The predicted molar refractivity (Wildman–Crippen MR) is 71.5 cm³/mol. The summed E-state index contributed by atoms with van der Waals surface area (Å²) >= 11 is 11.8. The van der Waals surface area contributed by atoms with Crippen LogP contribution in [0.2, 0.25) is 10.3 Å². The van der Waals surface area contributed by atoms with Crippen LogP contribution in [0, 0.1) is 12.8 Å². The van der Waals surface area contributed by atoms with Crippen LogP contribution in [0.1, 0.15) is 12.0 Å². The molecule has 5 nitrogen and oxygen atoms in total. The molecule has 2 rings (SSSR count). The van der Waals surface area contributed by atoms with Crippen LogP contribution in [0.5, 0.6) is 0 Å². The third kappa shape index (κ3) is 2.67. The number of aryl methyl sites for hydroxylation is 1. The van der Waals surface area contributed by atoms with E-state index in [0.717, 1.165) is 5.56 Å². The van der Waals surface area contributed by atoms with E-state index in [4.69, 9.17) is 23.2 Å². The van der Waals surface area contributed by atoms with Crippen molar-refractivity contribution in [3.8, 4) is 0 Å². The molecule has 1 saturated heterocycles. The SMILES string of the molecule is COC(=O)C1CC(=O)N(c2c(C)cc(Cl)nc2Cl)C1. The Balaban J connectivity index is 2.33. The number of methoxy groups -OCH3 is 1. The van der Waals surface area contributed by atoms with Crippen molar-refractivity contribution >= 4 is 40.8 Å². The first-order chi connectivity index (χ1) is 8.93. The summed E-state index contributed by atoms with van der Waals surface area (Å²) in [7, 11) is 1.30. The maximum Gasteiger partial charge on any atom is 0.311 e. The molecule has 1 aromatic heterocycles. The number of anilines is 1. The Morgan fingerprint density at radius 3 is 2.79 bits per heavy atom. The fourth-order valence-electron chi connectivity index (χ4n) is 2.16. The van der Waals surface area contributed by atoms with Gasteiger partial charge in [0.1, 0.15) is 5.15 Å². The van der Waals surface area contributed by atoms with Crippen LogP contribution < -0.4 is 4.90 Å². The standard InChI is InChI=1S/C12H12Cl2N2O3/c1-6-3-8(13)15-11(14)10(6)16-5-7(4-9(16)17)12(18)19-2/h3,7H,4-5H2,1-2H3. The molecule has 2 heterocycles. The highest BCUT2D eigenvalue weighted by molar-refractivity contribution is 6.35. The summed E-state index contributed by atoms with van der Waals surface area (Å²) in [6.45, 7) is 2.03. The maximum absolute atomic E-state index is 12.0. The van der Waals surface area contributed by atoms with Crippen molar-refractivity contribution in [3.63, 3.8) is 0 Å². The van der Waals surface area contributed by atoms with Crippen LogP contribution >= 0.6 is 23.2 Å². The molecule has 1 fully saturated rings. The average Bonchev–Trinajstić information content (AvgIpc) is 2.69. The van der Waals surface area contributed by atoms with Gasteiger partial charge in [0.15, 0.2) is 5.15 Å². The molecule has 1 atom stereocenters. The van der Waals surface area contributed by atoms with Crippen molar-refractivity contribution < 1.29 is 14.3 Å². The number of amides is 1. The van der Waals surface area contributed by atoms with Crippen LogP contribution in [0.15, 0.2) is 6.07 Å². The zero-order valence-corrected chi connectivity index (χ0v) is 12.0.